The van der Waals surface area contributed by atoms with Gasteiger partial charge in [-0.3, -0.25) is 9.59 Å². The molecule has 5 N–H and O–H groups in total. The smallest absolute Gasteiger partial charge is 0.325 e. The Hall–Kier alpha value is -2.66. The van der Waals surface area contributed by atoms with Gasteiger partial charge in [-0.25, -0.2) is 18.4 Å². The number of rotatable bonds is 6. The van der Waals surface area contributed by atoms with Crippen LogP contribution >= 0.6 is 0 Å². The molecular formula is C12H16N4O6S. The van der Waals surface area contributed by atoms with E-state index in [1.165, 1.54) is 31.4 Å². The van der Waals surface area contributed by atoms with Crippen LogP contribution in [0.4, 0.5) is 10.5 Å². The molecule has 0 atom stereocenters. The van der Waals surface area contributed by atoms with Crippen molar-refractivity contribution in [1.29, 1.82) is 0 Å². The molecule has 0 spiro atoms. The van der Waals surface area contributed by atoms with Gasteiger partial charge in [0.2, 0.25) is 15.9 Å². The number of sulfonamides is 1. The van der Waals surface area contributed by atoms with Gasteiger partial charge < -0.3 is 20.7 Å². The Bertz CT molecular complexity index is 703. The maximum Gasteiger partial charge on any atom is 0.325 e. The van der Waals surface area contributed by atoms with Crippen molar-refractivity contribution < 1.29 is 27.5 Å². The SMILES string of the molecule is COC(=O)CNC(=O)CNC(=O)Nc1cccc(S(N)(=O)=O)c1. The molecule has 0 aliphatic carbocycles. The van der Waals surface area contributed by atoms with Gasteiger partial charge in [-0.2, -0.15) is 0 Å². The molecule has 1 aromatic rings. The van der Waals surface area contributed by atoms with Crippen molar-refractivity contribution in [2.45, 2.75) is 4.90 Å². The van der Waals surface area contributed by atoms with Crippen molar-refractivity contribution in [3.63, 3.8) is 0 Å². The molecule has 0 heterocycles. The molecular weight excluding hydrogens is 328 g/mol. The fourth-order valence-electron chi connectivity index (χ4n) is 1.39. The van der Waals surface area contributed by atoms with Crippen LogP contribution < -0.4 is 21.1 Å². The molecule has 23 heavy (non-hydrogen) atoms. The average Bonchev–Trinajstić information content (AvgIpc) is 2.50. The van der Waals surface area contributed by atoms with Crippen molar-refractivity contribution in [3.05, 3.63) is 24.3 Å². The molecule has 0 aliphatic heterocycles. The predicted octanol–water partition coefficient (Wildman–Crippen LogP) is -1.26. The lowest BCUT2D eigenvalue weighted by molar-refractivity contribution is -0.141. The van der Waals surface area contributed by atoms with Gasteiger partial charge >= 0.3 is 12.0 Å². The molecule has 10 nitrogen and oxygen atoms in total. The lowest BCUT2D eigenvalue weighted by atomic mass is 10.3. The maximum absolute atomic E-state index is 11.6. The minimum absolute atomic E-state index is 0.161. The average molecular weight is 344 g/mol. The van der Waals surface area contributed by atoms with E-state index in [4.69, 9.17) is 5.14 Å². The first-order valence-corrected chi connectivity index (χ1v) is 7.78. The standard InChI is InChI=1S/C12H16N4O6S/c1-22-11(18)7-14-10(17)6-15-12(19)16-8-3-2-4-9(5-8)23(13,20)21/h2-5H,6-7H2,1H3,(H,14,17)(H2,13,20,21)(H2,15,16,19). The van der Waals surface area contributed by atoms with Crippen LogP contribution in [0, 0.1) is 0 Å². The van der Waals surface area contributed by atoms with Gasteiger partial charge in [-0.05, 0) is 18.2 Å². The molecule has 3 amide bonds. The summed E-state index contributed by atoms with van der Waals surface area (Å²) in [5.41, 5.74) is 0.184. The van der Waals surface area contributed by atoms with E-state index in [9.17, 15) is 22.8 Å². The summed E-state index contributed by atoms with van der Waals surface area (Å²) in [6.45, 7) is -0.688. The van der Waals surface area contributed by atoms with Crippen LogP contribution in [0.25, 0.3) is 0 Å². The van der Waals surface area contributed by atoms with Crippen LogP contribution in [-0.4, -0.2) is 46.5 Å². The summed E-state index contributed by atoms with van der Waals surface area (Å²) in [4.78, 5) is 33.6. The summed E-state index contributed by atoms with van der Waals surface area (Å²) < 4.78 is 26.7. The zero-order valence-corrected chi connectivity index (χ0v) is 13.0. The lowest BCUT2D eigenvalue weighted by Crippen LogP contribution is -2.40. The Balaban J connectivity index is 2.48. The number of hydrogen-bond acceptors (Lipinski definition) is 6. The van der Waals surface area contributed by atoms with Crippen molar-refractivity contribution in [2.24, 2.45) is 5.14 Å². The van der Waals surface area contributed by atoms with E-state index in [1.807, 2.05) is 0 Å². The number of methoxy groups -OCH3 is 1. The molecule has 0 fully saturated rings. The second kappa shape index (κ2) is 8.10. The number of anilines is 1. The van der Waals surface area contributed by atoms with Crippen molar-refractivity contribution in [2.75, 3.05) is 25.5 Å². The largest absolute Gasteiger partial charge is 0.468 e. The first-order chi connectivity index (χ1) is 10.7. The van der Waals surface area contributed by atoms with Crippen LogP contribution in [0.3, 0.4) is 0 Å². The number of esters is 1. The number of ether oxygens (including phenoxy) is 1. The highest BCUT2D eigenvalue weighted by molar-refractivity contribution is 7.89. The Morgan fingerprint density at radius 1 is 1.17 bits per heavy atom. The third kappa shape index (κ3) is 6.76. The minimum atomic E-state index is -3.88. The predicted molar refractivity (Wildman–Crippen MR) is 79.9 cm³/mol. The number of carbonyl (C=O) groups is 3. The second-order valence-corrected chi connectivity index (χ2v) is 5.79. The molecule has 0 saturated heterocycles. The number of nitrogens with two attached hydrogens (primary N) is 1. The van der Waals surface area contributed by atoms with Gasteiger partial charge in [0.25, 0.3) is 0 Å². The first kappa shape index (κ1) is 18.4. The number of primary sulfonamides is 1. The Kier molecular flexibility index (Phi) is 6.48. The molecule has 1 rings (SSSR count). The van der Waals surface area contributed by atoms with Crippen LogP contribution in [0.15, 0.2) is 29.2 Å². The van der Waals surface area contributed by atoms with E-state index >= 15 is 0 Å². The highest BCUT2D eigenvalue weighted by Gasteiger charge is 2.10. The van der Waals surface area contributed by atoms with Crippen molar-refractivity contribution in [3.8, 4) is 0 Å². The van der Waals surface area contributed by atoms with Crippen LogP contribution in [0.2, 0.25) is 0 Å². The first-order valence-electron chi connectivity index (χ1n) is 6.23. The molecule has 126 valence electrons. The summed E-state index contributed by atoms with van der Waals surface area (Å²) in [5, 5.41) is 11.8. The summed E-state index contributed by atoms with van der Waals surface area (Å²) in [6, 6.07) is 4.57. The zero-order chi connectivity index (χ0) is 17.5. The number of amides is 3. The van der Waals surface area contributed by atoms with E-state index in [1.54, 1.807) is 0 Å². The van der Waals surface area contributed by atoms with Crippen molar-refractivity contribution in [1.82, 2.24) is 10.6 Å². The van der Waals surface area contributed by atoms with Gasteiger partial charge in [0.1, 0.15) is 6.54 Å². The van der Waals surface area contributed by atoms with Gasteiger partial charge in [0.05, 0.1) is 18.6 Å². The van der Waals surface area contributed by atoms with Crippen LogP contribution in [0.1, 0.15) is 0 Å². The summed E-state index contributed by atoms with van der Waals surface area (Å²) >= 11 is 0. The van der Waals surface area contributed by atoms with E-state index < -0.39 is 27.9 Å². The number of benzene rings is 1. The lowest BCUT2D eigenvalue weighted by Gasteiger charge is -2.08. The molecule has 0 aliphatic rings. The fourth-order valence-corrected chi connectivity index (χ4v) is 1.95. The molecule has 0 unspecified atom stereocenters. The fraction of sp³-hybridized carbons (Fsp3) is 0.250. The summed E-state index contributed by atoms with van der Waals surface area (Å²) in [5.74, 6) is -1.22. The highest BCUT2D eigenvalue weighted by atomic mass is 32.2. The number of carbonyl (C=O) groups excluding carboxylic acids is 3. The van der Waals surface area contributed by atoms with Crippen LogP contribution in [0.5, 0.6) is 0 Å². The van der Waals surface area contributed by atoms with Crippen molar-refractivity contribution >= 4 is 33.6 Å². The molecule has 11 heteroatoms. The van der Waals surface area contributed by atoms with E-state index in [2.05, 4.69) is 20.7 Å². The zero-order valence-electron chi connectivity index (χ0n) is 12.2. The number of nitrogens with one attached hydrogen (secondary N) is 3. The molecule has 0 radical (unpaired) electrons. The summed E-state index contributed by atoms with van der Waals surface area (Å²) in [6.07, 6.45) is 0. The van der Waals surface area contributed by atoms with E-state index in [0.29, 0.717) is 0 Å². The third-order valence-electron chi connectivity index (χ3n) is 2.49. The normalized spacial score (nSPS) is 10.5. The Morgan fingerprint density at radius 2 is 1.87 bits per heavy atom. The third-order valence-corrected chi connectivity index (χ3v) is 3.40. The van der Waals surface area contributed by atoms with Gasteiger partial charge in [0.15, 0.2) is 0 Å². The maximum atomic E-state index is 11.6. The number of urea groups is 1. The van der Waals surface area contributed by atoms with Gasteiger partial charge in [0, 0.05) is 5.69 Å². The quantitative estimate of drug-likeness (QED) is 0.472. The molecule has 0 saturated carbocycles. The van der Waals surface area contributed by atoms with Gasteiger partial charge in [-0.15, -0.1) is 0 Å². The number of hydrogen-bond donors (Lipinski definition) is 4. The van der Waals surface area contributed by atoms with E-state index in [0.717, 1.165) is 0 Å². The molecule has 1 aromatic carbocycles. The second-order valence-electron chi connectivity index (χ2n) is 4.23. The Labute approximate surface area is 132 Å². The summed E-state index contributed by atoms with van der Waals surface area (Å²) in [7, 11) is -2.71. The topological polar surface area (TPSA) is 157 Å². The monoisotopic (exact) mass is 344 g/mol. The highest BCUT2D eigenvalue weighted by Crippen LogP contribution is 2.13. The molecule has 0 bridgehead atoms. The molecule has 0 aromatic heterocycles. The van der Waals surface area contributed by atoms with Gasteiger partial charge in [-0.1, -0.05) is 6.07 Å². The Morgan fingerprint density at radius 3 is 2.48 bits per heavy atom. The minimum Gasteiger partial charge on any atom is -0.468 e. The van der Waals surface area contributed by atoms with E-state index in [-0.39, 0.29) is 23.7 Å². The van der Waals surface area contributed by atoms with Crippen LogP contribution in [-0.2, 0) is 24.3 Å².